The van der Waals surface area contributed by atoms with Crippen molar-refractivity contribution in [2.75, 3.05) is 32.2 Å². The maximum Gasteiger partial charge on any atom is 0.143 e. The minimum absolute atomic E-state index is 0.139. The summed E-state index contributed by atoms with van der Waals surface area (Å²) in [5.74, 6) is 0.948. The number of benzene rings is 1. The molecule has 0 spiro atoms. The Bertz CT molecular complexity index is 314. The third-order valence-electron chi connectivity index (χ3n) is 2.40. The average molecular weight is 193 g/mol. The van der Waals surface area contributed by atoms with E-state index in [0.717, 1.165) is 18.0 Å². The molecule has 0 saturated carbocycles. The first kappa shape index (κ1) is 9.34. The topological polar surface area (TPSA) is 21.7 Å². The van der Waals surface area contributed by atoms with Gasteiger partial charge in [-0.2, -0.15) is 0 Å². The summed E-state index contributed by atoms with van der Waals surface area (Å²) in [6.07, 6.45) is 0.139. The Balaban J connectivity index is 2.20. The van der Waals surface area contributed by atoms with E-state index in [1.807, 2.05) is 18.2 Å². The van der Waals surface area contributed by atoms with Crippen molar-refractivity contribution in [3.63, 3.8) is 0 Å². The van der Waals surface area contributed by atoms with Gasteiger partial charge < -0.3 is 14.4 Å². The van der Waals surface area contributed by atoms with Crippen LogP contribution in [0.25, 0.3) is 0 Å². The average Bonchev–Trinajstić information content (AvgIpc) is 2.18. The van der Waals surface area contributed by atoms with E-state index in [1.165, 1.54) is 0 Å². The van der Waals surface area contributed by atoms with Crippen molar-refractivity contribution in [1.82, 2.24) is 0 Å². The lowest BCUT2D eigenvalue weighted by molar-refractivity contribution is 0.0801. The number of likely N-dealkylation sites (N-methyl/N-ethyl adjacent to an activating group) is 1. The molecule has 0 aliphatic carbocycles. The first-order valence-corrected chi connectivity index (χ1v) is 4.77. The second-order valence-electron chi connectivity index (χ2n) is 3.54. The van der Waals surface area contributed by atoms with E-state index in [4.69, 9.17) is 9.47 Å². The van der Waals surface area contributed by atoms with Crippen LogP contribution in [0, 0.1) is 0 Å². The summed E-state index contributed by atoms with van der Waals surface area (Å²) >= 11 is 0. The predicted molar refractivity (Wildman–Crippen MR) is 56.0 cm³/mol. The molecule has 0 amide bonds. The van der Waals surface area contributed by atoms with Crippen LogP contribution < -0.4 is 9.64 Å². The highest BCUT2D eigenvalue weighted by atomic mass is 16.5. The summed E-state index contributed by atoms with van der Waals surface area (Å²) in [5, 5.41) is 0. The minimum atomic E-state index is 0.139. The van der Waals surface area contributed by atoms with Crippen molar-refractivity contribution in [1.29, 1.82) is 0 Å². The zero-order valence-corrected chi connectivity index (χ0v) is 8.56. The van der Waals surface area contributed by atoms with Crippen LogP contribution in [0.4, 0.5) is 5.69 Å². The fourth-order valence-electron chi connectivity index (χ4n) is 1.77. The molecule has 2 rings (SSSR count). The molecule has 0 unspecified atom stereocenters. The van der Waals surface area contributed by atoms with Crippen LogP contribution in [0.5, 0.6) is 5.75 Å². The molecule has 3 heteroatoms. The standard InChI is InChI=1S/C11H15NO2/c1-12-7-9(8-13-2)14-11-6-4-3-5-10(11)12/h3-6,9H,7-8H2,1-2H3/t9-/m0/s1. The number of fused-ring (bicyclic) bond motifs is 1. The second kappa shape index (κ2) is 3.88. The van der Waals surface area contributed by atoms with E-state index in [1.54, 1.807) is 7.11 Å². The molecular weight excluding hydrogens is 178 g/mol. The number of anilines is 1. The van der Waals surface area contributed by atoms with Crippen molar-refractivity contribution < 1.29 is 9.47 Å². The van der Waals surface area contributed by atoms with Crippen LogP contribution in [0.1, 0.15) is 0 Å². The highest BCUT2D eigenvalue weighted by Gasteiger charge is 2.22. The van der Waals surface area contributed by atoms with Gasteiger partial charge in [0.05, 0.1) is 18.8 Å². The Morgan fingerprint density at radius 1 is 1.50 bits per heavy atom. The van der Waals surface area contributed by atoms with Crippen LogP contribution in [-0.2, 0) is 4.74 Å². The first-order chi connectivity index (χ1) is 6.81. The van der Waals surface area contributed by atoms with Gasteiger partial charge >= 0.3 is 0 Å². The largest absolute Gasteiger partial charge is 0.484 e. The molecule has 0 N–H and O–H groups in total. The zero-order valence-electron chi connectivity index (χ0n) is 8.56. The lowest BCUT2D eigenvalue weighted by Gasteiger charge is -2.33. The number of rotatable bonds is 2. The molecule has 3 nitrogen and oxygen atoms in total. The lowest BCUT2D eigenvalue weighted by atomic mass is 10.2. The van der Waals surface area contributed by atoms with Gasteiger partial charge in [-0.05, 0) is 12.1 Å². The molecule has 0 aromatic heterocycles. The summed E-state index contributed by atoms with van der Waals surface area (Å²) in [6, 6.07) is 8.07. The van der Waals surface area contributed by atoms with Crippen molar-refractivity contribution in [3.05, 3.63) is 24.3 Å². The van der Waals surface area contributed by atoms with Gasteiger partial charge in [-0.25, -0.2) is 0 Å². The molecule has 0 radical (unpaired) electrons. The lowest BCUT2D eigenvalue weighted by Crippen LogP contribution is -2.40. The third kappa shape index (κ3) is 1.68. The smallest absolute Gasteiger partial charge is 0.143 e. The van der Waals surface area contributed by atoms with Crippen LogP contribution in [0.15, 0.2) is 24.3 Å². The number of nitrogens with zero attached hydrogens (tertiary/aromatic N) is 1. The summed E-state index contributed by atoms with van der Waals surface area (Å²) in [5.41, 5.74) is 1.15. The molecule has 14 heavy (non-hydrogen) atoms. The maximum absolute atomic E-state index is 5.78. The molecule has 1 aliphatic heterocycles. The van der Waals surface area contributed by atoms with Crippen LogP contribution in [0.3, 0.4) is 0 Å². The van der Waals surface area contributed by atoms with Crippen molar-refractivity contribution in [2.24, 2.45) is 0 Å². The Morgan fingerprint density at radius 3 is 3.07 bits per heavy atom. The Labute approximate surface area is 84.2 Å². The van der Waals surface area contributed by atoms with E-state index in [-0.39, 0.29) is 6.10 Å². The molecule has 0 saturated heterocycles. The molecule has 1 aromatic carbocycles. The van der Waals surface area contributed by atoms with Gasteiger partial charge in [0.1, 0.15) is 11.9 Å². The summed E-state index contributed by atoms with van der Waals surface area (Å²) in [4.78, 5) is 2.20. The van der Waals surface area contributed by atoms with Gasteiger partial charge in [-0.1, -0.05) is 12.1 Å². The number of hydrogen-bond acceptors (Lipinski definition) is 3. The number of methoxy groups -OCH3 is 1. The molecule has 1 aliphatic rings. The predicted octanol–water partition coefficient (Wildman–Crippen LogP) is 1.53. The van der Waals surface area contributed by atoms with Gasteiger partial charge in [0, 0.05) is 14.2 Å². The van der Waals surface area contributed by atoms with Gasteiger partial charge in [-0.15, -0.1) is 0 Å². The molecule has 0 bridgehead atoms. The summed E-state index contributed by atoms with van der Waals surface area (Å²) in [7, 11) is 3.77. The molecule has 76 valence electrons. The van der Waals surface area contributed by atoms with Gasteiger partial charge in [-0.3, -0.25) is 0 Å². The highest BCUT2D eigenvalue weighted by Crippen LogP contribution is 2.31. The normalized spacial score (nSPS) is 20.1. The summed E-state index contributed by atoms with van der Waals surface area (Å²) < 4.78 is 10.9. The third-order valence-corrected chi connectivity index (χ3v) is 2.40. The minimum Gasteiger partial charge on any atom is -0.484 e. The zero-order chi connectivity index (χ0) is 9.97. The maximum atomic E-state index is 5.78. The van der Waals surface area contributed by atoms with E-state index < -0.39 is 0 Å². The Morgan fingerprint density at radius 2 is 2.29 bits per heavy atom. The van der Waals surface area contributed by atoms with Gasteiger partial charge in [0.2, 0.25) is 0 Å². The van der Waals surface area contributed by atoms with Gasteiger partial charge in [0.25, 0.3) is 0 Å². The highest BCUT2D eigenvalue weighted by molar-refractivity contribution is 5.59. The quantitative estimate of drug-likeness (QED) is 0.711. The SMILES string of the molecule is COC[C@@H]1CN(C)c2ccccc2O1. The van der Waals surface area contributed by atoms with Crippen LogP contribution in [0.2, 0.25) is 0 Å². The van der Waals surface area contributed by atoms with E-state index >= 15 is 0 Å². The Kier molecular flexibility index (Phi) is 2.59. The molecule has 0 fully saturated rings. The monoisotopic (exact) mass is 193 g/mol. The van der Waals surface area contributed by atoms with Crippen LogP contribution >= 0.6 is 0 Å². The number of ether oxygens (including phenoxy) is 2. The molecule has 1 atom stereocenters. The van der Waals surface area contributed by atoms with Crippen LogP contribution in [-0.4, -0.2) is 33.4 Å². The Hall–Kier alpha value is -1.22. The molecule has 1 aromatic rings. The molecular formula is C11H15NO2. The second-order valence-corrected chi connectivity index (χ2v) is 3.54. The van der Waals surface area contributed by atoms with E-state index in [9.17, 15) is 0 Å². The van der Waals surface area contributed by atoms with E-state index in [0.29, 0.717) is 6.61 Å². The fraction of sp³-hybridized carbons (Fsp3) is 0.455. The van der Waals surface area contributed by atoms with E-state index in [2.05, 4.69) is 18.0 Å². The molecule has 1 heterocycles. The fourth-order valence-corrected chi connectivity index (χ4v) is 1.77. The first-order valence-electron chi connectivity index (χ1n) is 4.77. The van der Waals surface area contributed by atoms with Crippen molar-refractivity contribution in [2.45, 2.75) is 6.10 Å². The van der Waals surface area contributed by atoms with Gasteiger partial charge in [0.15, 0.2) is 0 Å². The van der Waals surface area contributed by atoms with Crippen molar-refractivity contribution >= 4 is 5.69 Å². The van der Waals surface area contributed by atoms with Crippen molar-refractivity contribution in [3.8, 4) is 5.75 Å². The number of hydrogen-bond donors (Lipinski definition) is 0. The summed E-state index contributed by atoms with van der Waals surface area (Å²) in [6.45, 7) is 1.52. The number of para-hydroxylation sites is 2.